The first kappa shape index (κ1) is 15.1. The standard InChI is InChI=1S/C15H18N2O4/c1-8-4-11(9(2)18)14(21-3)13(12(8)5-16)10-6-17(7-10)15(19)20/h4,9-10,18H,6-7H2,1-3H3,(H,19,20). The maximum absolute atomic E-state index is 10.9. The Labute approximate surface area is 123 Å². The Hall–Kier alpha value is -2.26. The lowest BCUT2D eigenvalue weighted by Crippen LogP contribution is -2.48. The number of ether oxygens (including phenoxy) is 1. The molecule has 1 saturated heterocycles. The third-order valence-electron chi connectivity index (χ3n) is 3.87. The molecule has 1 aliphatic heterocycles. The molecular weight excluding hydrogens is 272 g/mol. The number of hydrogen-bond acceptors (Lipinski definition) is 4. The number of carbonyl (C=O) groups is 1. The molecular formula is C15H18N2O4. The average Bonchev–Trinajstić information content (AvgIpc) is 2.36. The molecule has 0 radical (unpaired) electrons. The number of nitriles is 1. The molecule has 1 aliphatic rings. The molecule has 1 atom stereocenters. The van der Waals surface area contributed by atoms with Gasteiger partial charge in [-0.2, -0.15) is 5.26 Å². The van der Waals surface area contributed by atoms with Crippen molar-refractivity contribution >= 4 is 6.09 Å². The number of aryl methyl sites for hydroxylation is 1. The van der Waals surface area contributed by atoms with Gasteiger partial charge >= 0.3 is 6.09 Å². The Morgan fingerprint density at radius 3 is 2.62 bits per heavy atom. The van der Waals surface area contributed by atoms with Crippen LogP contribution in [-0.2, 0) is 0 Å². The predicted octanol–water partition coefficient (Wildman–Crippen LogP) is 2.01. The summed E-state index contributed by atoms with van der Waals surface area (Å²) in [7, 11) is 1.49. The lowest BCUT2D eigenvalue weighted by Gasteiger charge is -2.39. The van der Waals surface area contributed by atoms with E-state index in [1.807, 2.05) is 0 Å². The highest BCUT2D eigenvalue weighted by atomic mass is 16.5. The van der Waals surface area contributed by atoms with Crippen molar-refractivity contribution in [2.45, 2.75) is 25.9 Å². The third-order valence-corrected chi connectivity index (χ3v) is 3.87. The van der Waals surface area contributed by atoms with E-state index in [4.69, 9.17) is 9.84 Å². The zero-order chi connectivity index (χ0) is 15.7. The molecule has 2 N–H and O–H groups in total. The minimum atomic E-state index is -0.966. The van der Waals surface area contributed by atoms with Gasteiger partial charge in [0.25, 0.3) is 0 Å². The van der Waals surface area contributed by atoms with Gasteiger partial charge in [0.05, 0.1) is 24.8 Å². The van der Waals surface area contributed by atoms with Crippen molar-refractivity contribution in [3.8, 4) is 11.8 Å². The fraction of sp³-hybridized carbons (Fsp3) is 0.467. The molecule has 6 heteroatoms. The van der Waals surface area contributed by atoms with Gasteiger partial charge in [0, 0.05) is 30.1 Å². The molecule has 1 unspecified atom stereocenters. The first-order valence-corrected chi connectivity index (χ1v) is 6.68. The van der Waals surface area contributed by atoms with Gasteiger partial charge in [-0.25, -0.2) is 4.79 Å². The first-order chi connectivity index (χ1) is 9.90. The number of benzene rings is 1. The molecule has 1 aromatic carbocycles. The Bertz CT molecular complexity index is 613. The van der Waals surface area contributed by atoms with Gasteiger partial charge in [-0.15, -0.1) is 0 Å². The first-order valence-electron chi connectivity index (χ1n) is 6.68. The summed E-state index contributed by atoms with van der Waals surface area (Å²) in [5, 5.41) is 28.2. The Morgan fingerprint density at radius 1 is 1.57 bits per heavy atom. The van der Waals surface area contributed by atoms with Gasteiger partial charge in [-0.05, 0) is 25.5 Å². The molecule has 0 spiro atoms. The van der Waals surface area contributed by atoms with Crippen LogP contribution in [0.3, 0.4) is 0 Å². The van der Waals surface area contributed by atoms with Crippen LogP contribution in [0, 0.1) is 18.3 Å². The summed E-state index contributed by atoms with van der Waals surface area (Å²) in [6.45, 7) is 4.12. The van der Waals surface area contributed by atoms with Crippen LogP contribution in [0.5, 0.6) is 5.75 Å². The number of hydrogen-bond donors (Lipinski definition) is 2. The van der Waals surface area contributed by atoms with Gasteiger partial charge in [0.2, 0.25) is 0 Å². The fourth-order valence-electron chi connectivity index (χ4n) is 2.75. The summed E-state index contributed by atoms with van der Waals surface area (Å²) < 4.78 is 5.41. The van der Waals surface area contributed by atoms with E-state index in [0.717, 1.165) is 5.56 Å². The van der Waals surface area contributed by atoms with E-state index in [1.165, 1.54) is 12.0 Å². The van der Waals surface area contributed by atoms with E-state index in [2.05, 4.69) is 6.07 Å². The maximum atomic E-state index is 10.9. The topological polar surface area (TPSA) is 93.8 Å². The Morgan fingerprint density at radius 2 is 2.19 bits per heavy atom. The van der Waals surface area contributed by atoms with Crippen molar-refractivity contribution in [3.63, 3.8) is 0 Å². The molecule has 0 aliphatic carbocycles. The smallest absolute Gasteiger partial charge is 0.407 e. The molecule has 0 bridgehead atoms. The Kier molecular flexibility index (Phi) is 4.05. The maximum Gasteiger partial charge on any atom is 0.407 e. The number of amides is 1. The van der Waals surface area contributed by atoms with Gasteiger partial charge in [-0.3, -0.25) is 0 Å². The largest absolute Gasteiger partial charge is 0.496 e. The highest BCUT2D eigenvalue weighted by Crippen LogP contribution is 2.41. The minimum absolute atomic E-state index is 0.0805. The second kappa shape index (κ2) is 5.62. The number of likely N-dealkylation sites (tertiary alicyclic amines) is 1. The molecule has 1 aromatic rings. The second-order valence-electron chi connectivity index (χ2n) is 5.28. The van der Waals surface area contributed by atoms with Crippen molar-refractivity contribution in [1.82, 2.24) is 4.90 Å². The van der Waals surface area contributed by atoms with Crippen LogP contribution >= 0.6 is 0 Å². The van der Waals surface area contributed by atoms with Crippen LogP contribution in [0.2, 0.25) is 0 Å². The van der Waals surface area contributed by atoms with Crippen LogP contribution in [0.25, 0.3) is 0 Å². The Balaban J connectivity index is 2.52. The van der Waals surface area contributed by atoms with E-state index < -0.39 is 12.2 Å². The monoisotopic (exact) mass is 290 g/mol. The molecule has 6 nitrogen and oxygen atoms in total. The second-order valence-corrected chi connectivity index (χ2v) is 5.28. The average molecular weight is 290 g/mol. The van der Waals surface area contributed by atoms with E-state index in [-0.39, 0.29) is 5.92 Å². The van der Waals surface area contributed by atoms with E-state index in [9.17, 15) is 15.2 Å². The number of methoxy groups -OCH3 is 1. The number of aliphatic hydroxyl groups is 1. The van der Waals surface area contributed by atoms with E-state index in [1.54, 1.807) is 19.9 Å². The van der Waals surface area contributed by atoms with Crippen LogP contribution in [-0.4, -0.2) is 41.4 Å². The highest BCUT2D eigenvalue weighted by molar-refractivity contribution is 5.68. The normalized spacial score (nSPS) is 16.0. The van der Waals surface area contributed by atoms with E-state index in [0.29, 0.717) is 35.5 Å². The minimum Gasteiger partial charge on any atom is -0.496 e. The molecule has 1 amide bonds. The van der Waals surface area contributed by atoms with Gasteiger partial charge in [0.1, 0.15) is 5.75 Å². The highest BCUT2D eigenvalue weighted by Gasteiger charge is 2.36. The lowest BCUT2D eigenvalue weighted by atomic mass is 9.83. The summed E-state index contributed by atoms with van der Waals surface area (Å²) >= 11 is 0. The van der Waals surface area contributed by atoms with Crippen molar-refractivity contribution < 1.29 is 19.7 Å². The van der Waals surface area contributed by atoms with Crippen molar-refractivity contribution in [2.75, 3.05) is 20.2 Å². The van der Waals surface area contributed by atoms with Gasteiger partial charge < -0.3 is 19.8 Å². The van der Waals surface area contributed by atoms with Crippen LogP contribution in [0.15, 0.2) is 6.07 Å². The van der Waals surface area contributed by atoms with Crippen LogP contribution in [0.4, 0.5) is 4.79 Å². The van der Waals surface area contributed by atoms with Crippen molar-refractivity contribution in [3.05, 3.63) is 28.3 Å². The fourth-order valence-corrected chi connectivity index (χ4v) is 2.75. The van der Waals surface area contributed by atoms with Crippen molar-refractivity contribution in [1.29, 1.82) is 5.26 Å². The lowest BCUT2D eigenvalue weighted by molar-refractivity contribution is 0.104. The molecule has 0 aromatic heterocycles. The quantitative estimate of drug-likeness (QED) is 0.888. The summed E-state index contributed by atoms with van der Waals surface area (Å²) in [6, 6.07) is 3.92. The van der Waals surface area contributed by atoms with Gasteiger partial charge in [0.15, 0.2) is 0 Å². The molecule has 0 saturated carbocycles. The van der Waals surface area contributed by atoms with Crippen LogP contribution < -0.4 is 4.74 Å². The summed E-state index contributed by atoms with van der Waals surface area (Å²) in [5.74, 6) is 0.408. The molecule has 2 rings (SSSR count). The molecule has 21 heavy (non-hydrogen) atoms. The zero-order valence-corrected chi connectivity index (χ0v) is 12.3. The van der Waals surface area contributed by atoms with E-state index >= 15 is 0 Å². The summed E-state index contributed by atoms with van der Waals surface area (Å²) in [5.41, 5.74) is 2.59. The number of aliphatic hydroxyl groups excluding tert-OH is 1. The SMILES string of the molecule is COc1c(C(C)O)cc(C)c(C#N)c1C1CN(C(=O)O)C1. The molecule has 1 heterocycles. The molecule has 112 valence electrons. The summed E-state index contributed by atoms with van der Waals surface area (Å²) in [4.78, 5) is 12.2. The number of rotatable bonds is 3. The third kappa shape index (κ3) is 2.52. The number of carboxylic acid groups (broad SMARTS) is 1. The van der Waals surface area contributed by atoms with Gasteiger partial charge in [-0.1, -0.05) is 0 Å². The van der Waals surface area contributed by atoms with Crippen LogP contribution in [0.1, 0.15) is 41.2 Å². The molecule has 1 fully saturated rings. The van der Waals surface area contributed by atoms with Crippen molar-refractivity contribution in [2.24, 2.45) is 0 Å². The summed E-state index contributed by atoms with van der Waals surface area (Å²) in [6.07, 6.45) is -1.69. The number of nitrogens with zero attached hydrogens (tertiary/aromatic N) is 2. The predicted molar refractivity (Wildman–Crippen MR) is 75.4 cm³/mol. The zero-order valence-electron chi connectivity index (χ0n) is 12.3.